The van der Waals surface area contributed by atoms with Gasteiger partial charge in [-0.05, 0) is 38.0 Å². The van der Waals surface area contributed by atoms with Gasteiger partial charge in [-0.15, -0.1) is 0 Å². The number of likely N-dealkylation sites (tertiary alicyclic amines) is 1. The lowest BCUT2D eigenvalue weighted by Gasteiger charge is -2.34. The summed E-state index contributed by atoms with van der Waals surface area (Å²) in [6.45, 7) is 4.37. The molecule has 2 fully saturated rings. The van der Waals surface area contributed by atoms with Crippen molar-refractivity contribution in [3.05, 3.63) is 43.0 Å². The van der Waals surface area contributed by atoms with Gasteiger partial charge < -0.3 is 14.4 Å². The summed E-state index contributed by atoms with van der Waals surface area (Å²) in [6, 6.07) is 5.59. The Bertz CT molecular complexity index is 737. The summed E-state index contributed by atoms with van der Waals surface area (Å²) < 4.78 is 13.8. The summed E-state index contributed by atoms with van der Waals surface area (Å²) in [5, 5.41) is 4.12. The van der Waals surface area contributed by atoms with Crippen molar-refractivity contribution >= 4 is 5.91 Å². The first-order valence-electron chi connectivity index (χ1n) is 9.07. The highest BCUT2D eigenvalue weighted by atomic mass is 16.6. The van der Waals surface area contributed by atoms with Gasteiger partial charge in [0.2, 0.25) is 5.91 Å². The lowest BCUT2D eigenvalue weighted by Crippen LogP contribution is -2.45. The predicted octanol–water partition coefficient (Wildman–Crippen LogP) is 1.75. The van der Waals surface area contributed by atoms with Gasteiger partial charge >= 0.3 is 0 Å². The van der Waals surface area contributed by atoms with E-state index < -0.39 is 0 Å². The molecule has 0 spiro atoms. The SMILES string of the molecule is C[C@]1(COc2cccnc2)C[C@@H]2CN(C(=O)Cn3cccn3)CC[C@@H]2O1. The van der Waals surface area contributed by atoms with E-state index in [1.807, 2.05) is 29.3 Å². The molecule has 0 saturated carbocycles. The van der Waals surface area contributed by atoms with Crippen LogP contribution in [0.15, 0.2) is 43.0 Å². The lowest BCUT2D eigenvalue weighted by atomic mass is 9.89. The fraction of sp³-hybridized carbons (Fsp3) is 0.526. The van der Waals surface area contributed by atoms with Crippen LogP contribution in [0.4, 0.5) is 0 Å². The summed E-state index contributed by atoms with van der Waals surface area (Å²) in [6.07, 6.45) is 8.91. The predicted molar refractivity (Wildman–Crippen MR) is 94.5 cm³/mol. The quantitative estimate of drug-likeness (QED) is 0.816. The zero-order valence-electron chi connectivity index (χ0n) is 15.0. The molecule has 0 aliphatic carbocycles. The molecule has 1 amide bonds. The van der Waals surface area contributed by atoms with Gasteiger partial charge in [-0.3, -0.25) is 14.5 Å². The highest BCUT2D eigenvalue weighted by Gasteiger charge is 2.46. The molecule has 7 heteroatoms. The van der Waals surface area contributed by atoms with Gasteiger partial charge in [-0.1, -0.05) is 0 Å². The molecule has 2 aliphatic rings. The molecule has 4 heterocycles. The second-order valence-corrected chi connectivity index (χ2v) is 7.38. The maximum Gasteiger partial charge on any atom is 0.244 e. The maximum atomic E-state index is 12.5. The van der Waals surface area contributed by atoms with Gasteiger partial charge in [0.25, 0.3) is 0 Å². The van der Waals surface area contributed by atoms with Gasteiger partial charge in [0.05, 0.1) is 12.3 Å². The largest absolute Gasteiger partial charge is 0.489 e. The number of aromatic nitrogens is 3. The summed E-state index contributed by atoms with van der Waals surface area (Å²) in [4.78, 5) is 18.5. The monoisotopic (exact) mass is 356 g/mol. The fourth-order valence-corrected chi connectivity index (χ4v) is 3.95. The van der Waals surface area contributed by atoms with Gasteiger partial charge in [-0.25, -0.2) is 0 Å². The van der Waals surface area contributed by atoms with Crippen molar-refractivity contribution in [2.75, 3.05) is 19.7 Å². The van der Waals surface area contributed by atoms with E-state index in [9.17, 15) is 4.79 Å². The molecular weight excluding hydrogens is 332 g/mol. The van der Waals surface area contributed by atoms with Crippen molar-refractivity contribution in [2.45, 2.75) is 38.0 Å². The molecule has 2 aromatic rings. The van der Waals surface area contributed by atoms with Gasteiger partial charge in [0, 0.05) is 37.6 Å². The third-order valence-corrected chi connectivity index (χ3v) is 5.18. The van der Waals surface area contributed by atoms with Crippen molar-refractivity contribution in [2.24, 2.45) is 5.92 Å². The van der Waals surface area contributed by atoms with Crippen LogP contribution in [0.25, 0.3) is 0 Å². The minimum absolute atomic E-state index is 0.118. The lowest BCUT2D eigenvalue weighted by molar-refractivity contribution is -0.136. The minimum Gasteiger partial charge on any atom is -0.489 e. The molecule has 7 nitrogen and oxygen atoms in total. The highest BCUT2D eigenvalue weighted by Crippen LogP contribution is 2.39. The van der Waals surface area contributed by atoms with Crippen LogP contribution < -0.4 is 4.74 Å². The van der Waals surface area contributed by atoms with E-state index in [2.05, 4.69) is 17.0 Å². The number of carbonyl (C=O) groups is 1. The molecule has 0 N–H and O–H groups in total. The third kappa shape index (κ3) is 3.72. The molecule has 0 radical (unpaired) electrons. The maximum absolute atomic E-state index is 12.5. The van der Waals surface area contributed by atoms with E-state index in [0.29, 0.717) is 19.1 Å². The number of hydrogen-bond acceptors (Lipinski definition) is 5. The first kappa shape index (κ1) is 17.0. The normalized spacial score (nSPS) is 28.0. The molecule has 4 rings (SSSR count). The smallest absolute Gasteiger partial charge is 0.244 e. The number of nitrogens with zero attached hydrogens (tertiary/aromatic N) is 4. The van der Waals surface area contributed by atoms with Crippen LogP contribution in [-0.2, 0) is 16.1 Å². The van der Waals surface area contributed by atoms with Crippen LogP contribution in [-0.4, -0.2) is 57.0 Å². The number of rotatable bonds is 5. The van der Waals surface area contributed by atoms with Crippen molar-refractivity contribution in [1.29, 1.82) is 0 Å². The van der Waals surface area contributed by atoms with Gasteiger partial charge in [0.1, 0.15) is 24.5 Å². The Kier molecular flexibility index (Phi) is 4.63. The van der Waals surface area contributed by atoms with Gasteiger partial charge in [-0.2, -0.15) is 5.10 Å². The van der Waals surface area contributed by atoms with Crippen LogP contribution in [0.1, 0.15) is 19.8 Å². The molecule has 138 valence electrons. The number of pyridine rings is 1. The molecule has 0 bridgehead atoms. The van der Waals surface area contributed by atoms with Crippen molar-refractivity contribution < 1.29 is 14.3 Å². The van der Waals surface area contributed by atoms with E-state index in [-0.39, 0.29) is 17.6 Å². The number of carbonyl (C=O) groups excluding carboxylic acids is 1. The molecule has 0 unspecified atom stereocenters. The summed E-state index contributed by atoms with van der Waals surface area (Å²) >= 11 is 0. The van der Waals surface area contributed by atoms with Gasteiger partial charge in [0.15, 0.2) is 0 Å². The van der Waals surface area contributed by atoms with Crippen LogP contribution in [0, 0.1) is 5.92 Å². The first-order chi connectivity index (χ1) is 12.6. The Morgan fingerprint density at radius 1 is 1.42 bits per heavy atom. The number of fused-ring (bicyclic) bond motifs is 1. The second kappa shape index (κ2) is 7.07. The summed E-state index contributed by atoms with van der Waals surface area (Å²) in [5.74, 6) is 1.23. The number of ether oxygens (including phenoxy) is 2. The minimum atomic E-state index is -0.327. The average molecular weight is 356 g/mol. The van der Waals surface area contributed by atoms with E-state index in [1.165, 1.54) is 0 Å². The standard InChI is InChI=1S/C19H24N4O3/c1-19(14-25-16-4-2-6-20-11-16)10-15-12-22(9-5-17(15)26-19)18(24)13-23-8-3-7-21-23/h2-4,6-8,11,15,17H,5,9-10,12-14H2,1H3/t15-,17+,19-/m1/s1. The number of amides is 1. The molecule has 26 heavy (non-hydrogen) atoms. The molecular formula is C19H24N4O3. The Balaban J connectivity index is 1.33. The number of piperidine rings is 1. The second-order valence-electron chi connectivity index (χ2n) is 7.38. The molecule has 0 aromatic carbocycles. The Hall–Kier alpha value is -2.41. The fourth-order valence-electron chi connectivity index (χ4n) is 3.95. The van der Waals surface area contributed by atoms with Crippen molar-refractivity contribution in [1.82, 2.24) is 19.7 Å². The van der Waals surface area contributed by atoms with Crippen molar-refractivity contribution in [3.8, 4) is 5.75 Å². The zero-order chi connectivity index (χ0) is 18.0. The average Bonchev–Trinajstić information content (AvgIpc) is 3.27. The van der Waals surface area contributed by atoms with Crippen LogP contribution in [0.2, 0.25) is 0 Å². The van der Waals surface area contributed by atoms with E-state index >= 15 is 0 Å². The Morgan fingerprint density at radius 3 is 3.12 bits per heavy atom. The third-order valence-electron chi connectivity index (χ3n) is 5.18. The molecule has 2 saturated heterocycles. The van der Waals surface area contributed by atoms with Crippen LogP contribution >= 0.6 is 0 Å². The van der Waals surface area contributed by atoms with E-state index in [1.54, 1.807) is 23.3 Å². The van der Waals surface area contributed by atoms with Crippen molar-refractivity contribution in [3.63, 3.8) is 0 Å². The summed E-state index contributed by atoms with van der Waals surface area (Å²) in [7, 11) is 0. The topological polar surface area (TPSA) is 69.5 Å². The first-order valence-corrected chi connectivity index (χ1v) is 9.07. The molecule has 2 aromatic heterocycles. The Labute approximate surface area is 152 Å². The van der Waals surface area contributed by atoms with Crippen LogP contribution in [0.5, 0.6) is 5.75 Å². The summed E-state index contributed by atoms with van der Waals surface area (Å²) in [5.41, 5.74) is -0.327. The van der Waals surface area contributed by atoms with E-state index in [4.69, 9.17) is 9.47 Å². The molecule has 3 atom stereocenters. The molecule has 2 aliphatic heterocycles. The zero-order valence-corrected chi connectivity index (χ0v) is 15.0. The highest BCUT2D eigenvalue weighted by molar-refractivity contribution is 5.76. The van der Waals surface area contributed by atoms with E-state index in [0.717, 1.165) is 31.7 Å². The Morgan fingerprint density at radius 2 is 2.35 bits per heavy atom. The number of hydrogen-bond donors (Lipinski definition) is 0. The van der Waals surface area contributed by atoms with Crippen LogP contribution in [0.3, 0.4) is 0 Å².